The van der Waals surface area contributed by atoms with E-state index in [2.05, 4.69) is 46.1 Å². The average Bonchev–Trinajstić information content (AvgIpc) is 3.76. The first-order chi connectivity index (χ1) is 19.6. The summed E-state index contributed by atoms with van der Waals surface area (Å²) >= 11 is 2.87. The van der Waals surface area contributed by atoms with Crippen LogP contribution in [-0.4, -0.2) is 52.5 Å². The van der Waals surface area contributed by atoms with Crippen molar-refractivity contribution < 1.29 is 9.59 Å². The monoisotopic (exact) mass is 571 g/mol. The van der Waals surface area contributed by atoms with Crippen molar-refractivity contribution in [3.05, 3.63) is 74.9 Å². The van der Waals surface area contributed by atoms with Crippen molar-refractivity contribution in [2.24, 2.45) is 0 Å². The van der Waals surface area contributed by atoms with Crippen molar-refractivity contribution in [2.75, 3.05) is 5.32 Å². The van der Waals surface area contributed by atoms with Gasteiger partial charge in [-0.2, -0.15) is 10.2 Å². The van der Waals surface area contributed by atoms with Gasteiger partial charge in [-0.3, -0.25) is 19.8 Å². The normalized spacial score (nSPS) is 11.4. The first-order valence-electron chi connectivity index (χ1n) is 12.9. The second kappa shape index (κ2) is 11.8. The van der Waals surface area contributed by atoms with Crippen molar-refractivity contribution in [2.45, 2.75) is 44.9 Å². The Morgan fingerprint density at radius 1 is 0.675 bits per heavy atom. The second-order valence-corrected chi connectivity index (χ2v) is 11.6. The van der Waals surface area contributed by atoms with Crippen LogP contribution in [0.2, 0.25) is 0 Å². The van der Waals surface area contributed by atoms with E-state index in [9.17, 15) is 9.59 Å². The molecule has 0 unspecified atom stereocenters. The van der Waals surface area contributed by atoms with Gasteiger partial charge in [-0.15, -0.1) is 31.7 Å². The highest BCUT2D eigenvalue weighted by molar-refractivity contribution is 7.15. The molecule has 11 nitrogen and oxygen atoms in total. The molecule has 0 bridgehead atoms. The smallest absolute Gasteiger partial charge is 0.232 e. The molecule has 6 aromatic rings. The number of carbonyl (C=O) groups excluding carboxylic acids is 2. The van der Waals surface area contributed by atoms with Crippen molar-refractivity contribution in [3.8, 4) is 0 Å². The maximum atomic E-state index is 12.6. The molecule has 4 aromatic heterocycles. The quantitative estimate of drug-likeness (QED) is 0.184. The summed E-state index contributed by atoms with van der Waals surface area (Å²) in [6.07, 6.45) is 4.12. The van der Waals surface area contributed by atoms with E-state index in [1.54, 1.807) is 0 Å². The standard InChI is InChI=1S/C27H25N9O2S2/c37-16(13-21-17-7-1-3-9-19(17)29-31-21)14-26-35-33-24(39-26)11-5-6-12-25-34-36-27(40-25)28-23(38)15-22-18-8-2-4-10-20(18)30-32-22/h1-4,7-10H,5-6,11-15H2,(H,29,31)(H,30,32)(H,28,36,38). The van der Waals surface area contributed by atoms with E-state index in [1.165, 1.54) is 22.7 Å². The van der Waals surface area contributed by atoms with Crippen LogP contribution in [0.4, 0.5) is 5.13 Å². The number of aromatic nitrogens is 8. The number of ketones is 1. The molecule has 0 aliphatic heterocycles. The molecule has 3 N–H and O–H groups in total. The van der Waals surface area contributed by atoms with Crippen LogP contribution in [0, 0.1) is 0 Å². The third-order valence-electron chi connectivity index (χ3n) is 6.39. The molecule has 0 aliphatic carbocycles. The number of H-pyrrole nitrogens is 2. The van der Waals surface area contributed by atoms with Gasteiger partial charge in [-0.05, 0) is 25.0 Å². The van der Waals surface area contributed by atoms with Gasteiger partial charge in [0.05, 0.1) is 35.3 Å². The summed E-state index contributed by atoms with van der Waals surface area (Å²) in [5.74, 6) is -0.0882. The Morgan fingerprint density at radius 2 is 1.25 bits per heavy atom. The predicted molar refractivity (Wildman–Crippen MR) is 153 cm³/mol. The minimum Gasteiger partial charge on any atom is -0.300 e. The number of hydrogen-bond donors (Lipinski definition) is 3. The predicted octanol–water partition coefficient (Wildman–Crippen LogP) is 4.24. The number of anilines is 1. The van der Waals surface area contributed by atoms with Crippen LogP contribution in [-0.2, 0) is 41.7 Å². The summed E-state index contributed by atoms with van der Waals surface area (Å²) in [7, 11) is 0. The molecule has 0 spiro atoms. The molecule has 6 rings (SSSR count). The number of benzene rings is 2. The summed E-state index contributed by atoms with van der Waals surface area (Å²) < 4.78 is 0. The molecule has 0 saturated heterocycles. The van der Waals surface area contributed by atoms with Crippen molar-refractivity contribution in [1.29, 1.82) is 0 Å². The number of unbranched alkanes of at least 4 members (excludes halogenated alkanes) is 1. The van der Waals surface area contributed by atoms with Gasteiger partial charge in [0.15, 0.2) is 0 Å². The Bertz CT molecular complexity index is 1650. The minimum atomic E-state index is -0.166. The van der Waals surface area contributed by atoms with E-state index < -0.39 is 0 Å². The fraction of sp³-hybridized carbons (Fsp3) is 0.259. The summed E-state index contributed by atoms with van der Waals surface area (Å²) in [6.45, 7) is 0. The Kier molecular flexibility index (Phi) is 7.64. The van der Waals surface area contributed by atoms with Crippen LogP contribution < -0.4 is 5.32 Å². The third kappa shape index (κ3) is 6.10. The molecule has 13 heteroatoms. The number of carbonyl (C=O) groups is 2. The number of nitrogens with one attached hydrogen (secondary N) is 3. The van der Waals surface area contributed by atoms with E-state index in [0.717, 1.165) is 73.9 Å². The van der Waals surface area contributed by atoms with Crippen LogP contribution >= 0.6 is 22.7 Å². The number of rotatable bonds is 12. The first-order valence-corrected chi connectivity index (χ1v) is 14.5. The highest BCUT2D eigenvalue weighted by Crippen LogP contribution is 2.21. The summed E-state index contributed by atoms with van der Waals surface area (Å²) in [4.78, 5) is 25.1. The Morgan fingerprint density at radius 3 is 1.95 bits per heavy atom. The van der Waals surface area contributed by atoms with Gasteiger partial charge in [0.1, 0.15) is 20.8 Å². The molecule has 0 fully saturated rings. The molecule has 0 atom stereocenters. The van der Waals surface area contributed by atoms with Crippen LogP contribution in [0.3, 0.4) is 0 Å². The highest BCUT2D eigenvalue weighted by atomic mass is 32.1. The van der Waals surface area contributed by atoms with E-state index in [0.29, 0.717) is 11.6 Å². The maximum absolute atomic E-state index is 12.6. The number of nitrogens with zero attached hydrogens (tertiary/aromatic N) is 6. The number of aromatic amines is 2. The largest absolute Gasteiger partial charge is 0.300 e. The van der Waals surface area contributed by atoms with Gasteiger partial charge in [0.25, 0.3) is 0 Å². The fourth-order valence-electron chi connectivity index (χ4n) is 4.47. The number of para-hydroxylation sites is 2. The number of hydrogen-bond acceptors (Lipinski definition) is 10. The molecule has 0 radical (unpaired) electrons. The molecule has 202 valence electrons. The lowest BCUT2D eigenvalue weighted by Crippen LogP contribution is -2.14. The van der Waals surface area contributed by atoms with Gasteiger partial charge in [-0.25, -0.2) is 0 Å². The summed E-state index contributed by atoms with van der Waals surface area (Å²) in [5, 5.41) is 38.9. The van der Waals surface area contributed by atoms with Crippen LogP contribution in [0.25, 0.3) is 21.8 Å². The van der Waals surface area contributed by atoms with Gasteiger partial charge >= 0.3 is 0 Å². The zero-order valence-electron chi connectivity index (χ0n) is 21.4. The molecule has 1 amide bonds. The molecular weight excluding hydrogens is 546 g/mol. The molecule has 2 aromatic carbocycles. The van der Waals surface area contributed by atoms with Gasteiger partial charge in [0, 0.05) is 30.0 Å². The lowest BCUT2D eigenvalue weighted by molar-refractivity contribution is -0.118. The van der Waals surface area contributed by atoms with Crippen molar-refractivity contribution >= 4 is 61.3 Å². The molecule has 0 saturated carbocycles. The first kappa shape index (κ1) is 25.9. The van der Waals surface area contributed by atoms with E-state index in [-0.39, 0.29) is 24.5 Å². The Labute approximate surface area is 236 Å². The zero-order chi connectivity index (χ0) is 27.3. The summed E-state index contributed by atoms with van der Waals surface area (Å²) in [6, 6.07) is 15.4. The number of amides is 1. The minimum absolute atomic E-state index is 0.0779. The van der Waals surface area contributed by atoms with Crippen LogP contribution in [0.15, 0.2) is 48.5 Å². The number of fused-ring (bicyclic) bond motifs is 2. The Balaban J connectivity index is 0.923. The molecule has 0 aliphatic rings. The molecular formula is C27H25N9O2S2. The van der Waals surface area contributed by atoms with Gasteiger partial charge in [-0.1, -0.05) is 47.7 Å². The molecule has 40 heavy (non-hydrogen) atoms. The lowest BCUT2D eigenvalue weighted by atomic mass is 10.1. The van der Waals surface area contributed by atoms with Gasteiger partial charge in [0.2, 0.25) is 11.0 Å². The fourth-order valence-corrected chi connectivity index (χ4v) is 6.18. The van der Waals surface area contributed by atoms with Crippen molar-refractivity contribution in [3.63, 3.8) is 0 Å². The van der Waals surface area contributed by atoms with E-state index in [4.69, 9.17) is 0 Å². The van der Waals surface area contributed by atoms with Crippen LogP contribution in [0.1, 0.15) is 39.3 Å². The lowest BCUT2D eigenvalue weighted by Gasteiger charge is -1.99. The SMILES string of the molecule is O=C(Cc1nnc(CCCCc2nnc(NC(=O)Cc3[nH]nc4ccccc34)s2)s1)Cc1[nH]nc2ccccc12. The second-order valence-electron chi connectivity index (χ2n) is 9.35. The zero-order valence-corrected chi connectivity index (χ0v) is 23.0. The highest BCUT2D eigenvalue weighted by Gasteiger charge is 2.15. The maximum Gasteiger partial charge on any atom is 0.232 e. The topological polar surface area (TPSA) is 155 Å². The van der Waals surface area contributed by atoms with E-state index in [1.807, 2.05) is 48.5 Å². The number of Topliss-reactive ketones (excluding diaryl/α,β-unsaturated/α-hetero) is 1. The molecule has 4 heterocycles. The van der Waals surface area contributed by atoms with Crippen molar-refractivity contribution in [1.82, 2.24) is 40.8 Å². The summed E-state index contributed by atoms with van der Waals surface area (Å²) in [5.41, 5.74) is 3.29. The average molecular weight is 572 g/mol. The van der Waals surface area contributed by atoms with Crippen LogP contribution in [0.5, 0.6) is 0 Å². The van der Waals surface area contributed by atoms with Gasteiger partial charge < -0.3 is 5.32 Å². The Hall–Kier alpha value is -4.36. The van der Waals surface area contributed by atoms with E-state index >= 15 is 0 Å². The third-order valence-corrected chi connectivity index (χ3v) is 8.28. The number of aryl methyl sites for hydroxylation is 2.